The standard InChI is InChI=1S/C19H22O5Se/c1-13-10-19(23-7-8-24-19)11-14-12-22-18(20)16(14)9-17(13)25(21)15-5-3-2-4-6-15/h2-6,9,13-14,17H,7-8,10-12H2,1H3/b16-9+/t13-,14+,17?,25?/m1/s1. The second-order valence-electron chi connectivity index (χ2n) is 6.99. The number of rotatable bonds is 2. The van der Waals surface area contributed by atoms with Gasteiger partial charge in [0.05, 0.1) is 0 Å². The van der Waals surface area contributed by atoms with Gasteiger partial charge in [0, 0.05) is 0 Å². The van der Waals surface area contributed by atoms with Gasteiger partial charge >= 0.3 is 151 Å². The molecule has 25 heavy (non-hydrogen) atoms. The summed E-state index contributed by atoms with van der Waals surface area (Å²) in [6.07, 6.45) is 3.23. The number of carbonyl (C=O) groups excluding carboxylic acids is 1. The molecule has 3 aliphatic rings. The van der Waals surface area contributed by atoms with E-state index in [0.29, 0.717) is 38.2 Å². The fraction of sp³-hybridized carbons (Fsp3) is 0.526. The van der Waals surface area contributed by atoms with E-state index < -0.39 is 19.6 Å². The number of benzene rings is 1. The van der Waals surface area contributed by atoms with Crippen LogP contribution < -0.4 is 4.46 Å². The van der Waals surface area contributed by atoms with E-state index in [1.165, 1.54) is 0 Å². The maximum atomic E-state index is 13.3. The van der Waals surface area contributed by atoms with Gasteiger partial charge in [-0.1, -0.05) is 0 Å². The van der Waals surface area contributed by atoms with E-state index >= 15 is 0 Å². The topological polar surface area (TPSA) is 61.8 Å². The molecule has 0 amide bonds. The van der Waals surface area contributed by atoms with Crippen molar-refractivity contribution in [3.8, 4) is 0 Å². The van der Waals surface area contributed by atoms with Crippen LogP contribution >= 0.6 is 0 Å². The third kappa shape index (κ3) is 3.24. The number of hydrogen-bond donors (Lipinski definition) is 0. The van der Waals surface area contributed by atoms with Crippen molar-refractivity contribution in [1.82, 2.24) is 0 Å². The zero-order valence-electron chi connectivity index (χ0n) is 14.2. The Morgan fingerprint density at radius 3 is 2.56 bits per heavy atom. The normalized spacial score (nSPS) is 34.5. The molecule has 0 saturated carbocycles. The third-order valence-electron chi connectivity index (χ3n) is 5.22. The van der Waals surface area contributed by atoms with E-state index in [2.05, 4.69) is 6.92 Å². The van der Waals surface area contributed by atoms with E-state index in [4.69, 9.17) is 14.2 Å². The molecular weight excluding hydrogens is 387 g/mol. The molecule has 6 heteroatoms. The zero-order chi connectivity index (χ0) is 17.4. The molecule has 2 fully saturated rings. The molecule has 1 aliphatic carbocycles. The van der Waals surface area contributed by atoms with Crippen LogP contribution in [0.15, 0.2) is 42.0 Å². The molecule has 0 bridgehead atoms. The van der Waals surface area contributed by atoms with Crippen molar-refractivity contribution < 1.29 is 22.8 Å². The molecule has 1 spiro atoms. The summed E-state index contributed by atoms with van der Waals surface area (Å²) in [5.74, 6) is -0.930. The van der Waals surface area contributed by atoms with Crippen LogP contribution in [0.25, 0.3) is 0 Å². The second-order valence-corrected chi connectivity index (χ2v) is 10.4. The fourth-order valence-electron chi connectivity index (χ4n) is 4.01. The average Bonchev–Trinajstić information content (AvgIpc) is 3.19. The summed E-state index contributed by atoms with van der Waals surface area (Å²) in [4.78, 5) is 12.0. The van der Waals surface area contributed by atoms with Crippen molar-refractivity contribution in [3.05, 3.63) is 42.0 Å². The molecule has 2 saturated heterocycles. The quantitative estimate of drug-likeness (QED) is 0.552. The van der Waals surface area contributed by atoms with Gasteiger partial charge in [-0.3, -0.25) is 0 Å². The van der Waals surface area contributed by atoms with Crippen LogP contribution in [0.1, 0.15) is 19.8 Å². The Morgan fingerprint density at radius 2 is 1.84 bits per heavy atom. The fourth-order valence-corrected chi connectivity index (χ4v) is 7.22. The van der Waals surface area contributed by atoms with Gasteiger partial charge in [-0.25, -0.2) is 0 Å². The maximum absolute atomic E-state index is 13.3. The van der Waals surface area contributed by atoms with Crippen molar-refractivity contribution in [2.45, 2.75) is 30.4 Å². The Kier molecular flexibility index (Phi) is 4.63. The van der Waals surface area contributed by atoms with Gasteiger partial charge < -0.3 is 0 Å². The van der Waals surface area contributed by atoms with Gasteiger partial charge in [-0.15, -0.1) is 0 Å². The van der Waals surface area contributed by atoms with Crippen molar-refractivity contribution in [1.29, 1.82) is 0 Å². The number of fused-ring (bicyclic) bond motifs is 1. The molecule has 1 aromatic carbocycles. The first-order valence-corrected chi connectivity index (χ1v) is 11.2. The van der Waals surface area contributed by atoms with Crippen molar-refractivity contribution in [2.24, 2.45) is 11.8 Å². The summed E-state index contributed by atoms with van der Waals surface area (Å²) < 4.78 is 31.4. The van der Waals surface area contributed by atoms with Crippen molar-refractivity contribution in [3.63, 3.8) is 0 Å². The minimum atomic E-state index is -2.37. The molecule has 0 radical (unpaired) electrons. The van der Waals surface area contributed by atoms with Crippen LogP contribution in [0.2, 0.25) is 4.82 Å². The summed E-state index contributed by atoms with van der Waals surface area (Å²) in [7, 11) is 0. The molecule has 2 aliphatic heterocycles. The SMILES string of the molecule is C[C@@H]1CC2(C[C@H]3COC(=O)/C3=C/C1[Se](=O)c1ccccc1)OCCO2. The predicted octanol–water partition coefficient (Wildman–Crippen LogP) is 1.96. The van der Waals surface area contributed by atoms with Gasteiger partial charge in [-0.2, -0.15) is 0 Å². The summed E-state index contributed by atoms with van der Waals surface area (Å²) in [6, 6.07) is 9.54. The van der Waals surface area contributed by atoms with Crippen LogP contribution in [-0.4, -0.2) is 45.4 Å². The monoisotopic (exact) mass is 410 g/mol. The van der Waals surface area contributed by atoms with Crippen molar-refractivity contribution >= 4 is 24.3 Å². The number of carbonyl (C=O) groups is 1. The molecule has 2 unspecified atom stereocenters. The molecule has 4 atom stereocenters. The van der Waals surface area contributed by atoms with Crippen molar-refractivity contribution in [2.75, 3.05) is 19.8 Å². The number of cyclic esters (lactones) is 1. The van der Waals surface area contributed by atoms with Gasteiger partial charge in [-0.05, 0) is 0 Å². The molecular formula is C19H22O5Se. The van der Waals surface area contributed by atoms with Crippen LogP contribution in [0.4, 0.5) is 0 Å². The van der Waals surface area contributed by atoms with Crippen LogP contribution in [0, 0.1) is 11.8 Å². The summed E-state index contributed by atoms with van der Waals surface area (Å²) >= 11 is -2.37. The number of esters is 1. The number of hydrogen-bond acceptors (Lipinski definition) is 5. The summed E-state index contributed by atoms with van der Waals surface area (Å²) in [5, 5.41) is 0. The third-order valence-corrected chi connectivity index (χ3v) is 9.07. The predicted molar refractivity (Wildman–Crippen MR) is 91.8 cm³/mol. The average molecular weight is 409 g/mol. The Morgan fingerprint density at radius 1 is 1.12 bits per heavy atom. The zero-order valence-corrected chi connectivity index (χ0v) is 15.9. The molecule has 0 aromatic heterocycles. The number of allylic oxidation sites excluding steroid dienone is 1. The summed E-state index contributed by atoms with van der Waals surface area (Å²) in [5.41, 5.74) is 0.649. The van der Waals surface area contributed by atoms with Gasteiger partial charge in [0.25, 0.3) is 0 Å². The second kappa shape index (κ2) is 6.76. The Balaban J connectivity index is 1.73. The van der Waals surface area contributed by atoms with E-state index in [1.807, 2.05) is 36.4 Å². The minimum absolute atomic E-state index is 0.0461. The Labute approximate surface area is 151 Å². The molecule has 0 N–H and O–H groups in total. The van der Waals surface area contributed by atoms with E-state index in [1.54, 1.807) is 0 Å². The first-order chi connectivity index (χ1) is 12.1. The van der Waals surface area contributed by atoms with Crippen LogP contribution in [0.3, 0.4) is 0 Å². The Hall–Kier alpha value is -1.33. The van der Waals surface area contributed by atoms with Gasteiger partial charge in [0.1, 0.15) is 0 Å². The molecule has 5 nitrogen and oxygen atoms in total. The molecule has 2 heterocycles. The first-order valence-electron chi connectivity index (χ1n) is 8.70. The molecule has 134 valence electrons. The Bertz CT molecular complexity index is 708. The molecule has 1 aromatic rings. The van der Waals surface area contributed by atoms with Gasteiger partial charge in [0.2, 0.25) is 0 Å². The molecule has 4 rings (SSSR count). The summed E-state index contributed by atoms with van der Waals surface area (Å²) in [6.45, 7) is 3.56. The van der Waals surface area contributed by atoms with Crippen LogP contribution in [-0.2, 0) is 22.8 Å². The van der Waals surface area contributed by atoms with Crippen LogP contribution in [0.5, 0.6) is 0 Å². The van der Waals surface area contributed by atoms with E-state index in [-0.39, 0.29) is 22.6 Å². The number of ether oxygens (including phenoxy) is 3. The van der Waals surface area contributed by atoms with E-state index in [0.717, 1.165) is 4.46 Å². The first kappa shape index (κ1) is 17.1. The van der Waals surface area contributed by atoms with E-state index in [9.17, 15) is 8.63 Å². The van der Waals surface area contributed by atoms with Gasteiger partial charge in [0.15, 0.2) is 0 Å².